The number of nitriles is 1. The van der Waals surface area contributed by atoms with Crippen LogP contribution >= 0.6 is 11.6 Å². The monoisotopic (exact) mass is 272 g/mol. The molecule has 4 nitrogen and oxygen atoms in total. The van der Waals surface area contributed by atoms with Gasteiger partial charge < -0.3 is 5.11 Å². The van der Waals surface area contributed by atoms with E-state index in [9.17, 15) is 4.79 Å². The van der Waals surface area contributed by atoms with Gasteiger partial charge in [-0.1, -0.05) is 23.7 Å². The van der Waals surface area contributed by atoms with Crippen LogP contribution in [0.4, 0.5) is 0 Å². The zero-order valence-electron chi connectivity index (χ0n) is 10.0. The first-order valence-electron chi connectivity index (χ1n) is 5.44. The molecule has 0 aliphatic carbocycles. The molecule has 0 radical (unpaired) electrons. The first kappa shape index (κ1) is 13.1. The third-order valence-electron chi connectivity index (χ3n) is 2.68. The smallest absolute Gasteiger partial charge is 0.337 e. The number of benzene rings is 1. The molecule has 0 aliphatic heterocycles. The number of carboxylic acid groups (broad SMARTS) is 1. The summed E-state index contributed by atoms with van der Waals surface area (Å²) in [6.45, 7) is 1.62. The molecule has 0 aliphatic rings. The SMILES string of the molecule is Cc1nc(-c2ccc(Cl)cc2)cc(C(=O)O)c1C#N. The maximum absolute atomic E-state index is 11.2. The van der Waals surface area contributed by atoms with E-state index in [1.165, 1.54) is 6.07 Å². The van der Waals surface area contributed by atoms with Crippen LogP contribution in [0.5, 0.6) is 0 Å². The number of carboxylic acids is 1. The highest BCUT2D eigenvalue weighted by Gasteiger charge is 2.15. The van der Waals surface area contributed by atoms with Gasteiger partial charge in [0.05, 0.1) is 22.5 Å². The predicted molar refractivity (Wildman–Crippen MR) is 71.1 cm³/mol. The summed E-state index contributed by atoms with van der Waals surface area (Å²) in [5.41, 5.74) is 1.70. The van der Waals surface area contributed by atoms with Gasteiger partial charge in [-0.05, 0) is 25.1 Å². The Morgan fingerprint density at radius 2 is 2.00 bits per heavy atom. The van der Waals surface area contributed by atoms with E-state index in [0.29, 0.717) is 16.4 Å². The third-order valence-corrected chi connectivity index (χ3v) is 2.93. The van der Waals surface area contributed by atoms with E-state index in [1.807, 2.05) is 6.07 Å². The fourth-order valence-corrected chi connectivity index (χ4v) is 1.88. The lowest BCUT2D eigenvalue weighted by atomic mass is 10.0. The van der Waals surface area contributed by atoms with Crippen LogP contribution in [0.2, 0.25) is 5.02 Å². The summed E-state index contributed by atoms with van der Waals surface area (Å²) >= 11 is 5.80. The lowest BCUT2D eigenvalue weighted by molar-refractivity contribution is 0.0696. The molecule has 0 unspecified atom stereocenters. The standard InChI is InChI=1S/C14H9ClN2O2/c1-8-12(7-16)11(14(18)19)6-13(17-8)9-2-4-10(15)5-3-9/h2-6H,1H3,(H,18,19). The van der Waals surface area contributed by atoms with Gasteiger partial charge in [0.25, 0.3) is 0 Å². The van der Waals surface area contributed by atoms with Gasteiger partial charge in [-0.25, -0.2) is 4.79 Å². The van der Waals surface area contributed by atoms with Gasteiger partial charge in [-0.3, -0.25) is 4.98 Å². The molecular formula is C14H9ClN2O2. The maximum atomic E-state index is 11.2. The van der Waals surface area contributed by atoms with Crippen molar-refractivity contribution >= 4 is 17.6 Å². The Balaban J connectivity index is 2.64. The van der Waals surface area contributed by atoms with Gasteiger partial charge in [0.1, 0.15) is 6.07 Å². The van der Waals surface area contributed by atoms with E-state index in [4.69, 9.17) is 22.0 Å². The van der Waals surface area contributed by atoms with Crippen molar-refractivity contribution in [2.45, 2.75) is 6.92 Å². The minimum absolute atomic E-state index is 0.0417. The van der Waals surface area contributed by atoms with Crippen molar-refractivity contribution in [3.05, 3.63) is 52.2 Å². The molecule has 0 amide bonds. The van der Waals surface area contributed by atoms with Crippen LogP contribution in [0.15, 0.2) is 30.3 Å². The van der Waals surface area contributed by atoms with Crippen molar-refractivity contribution in [1.82, 2.24) is 4.98 Å². The van der Waals surface area contributed by atoms with E-state index < -0.39 is 5.97 Å². The number of aryl methyl sites for hydroxylation is 1. The molecule has 0 saturated carbocycles. The molecule has 94 valence electrons. The highest BCUT2D eigenvalue weighted by atomic mass is 35.5. The van der Waals surface area contributed by atoms with Crippen LogP contribution in [-0.4, -0.2) is 16.1 Å². The fraction of sp³-hybridized carbons (Fsp3) is 0.0714. The Bertz CT molecular complexity index is 688. The summed E-state index contributed by atoms with van der Waals surface area (Å²) in [4.78, 5) is 15.4. The van der Waals surface area contributed by atoms with Crippen LogP contribution in [0.3, 0.4) is 0 Å². The molecule has 5 heteroatoms. The Labute approximate surface area is 114 Å². The lowest BCUT2D eigenvalue weighted by Crippen LogP contribution is -2.05. The molecular weight excluding hydrogens is 264 g/mol. The lowest BCUT2D eigenvalue weighted by Gasteiger charge is -2.07. The van der Waals surface area contributed by atoms with Crippen molar-refractivity contribution in [2.24, 2.45) is 0 Å². The largest absolute Gasteiger partial charge is 0.478 e. The first-order chi connectivity index (χ1) is 9.02. The average molecular weight is 273 g/mol. The Morgan fingerprint density at radius 1 is 1.37 bits per heavy atom. The Morgan fingerprint density at radius 3 is 2.53 bits per heavy atom. The molecule has 19 heavy (non-hydrogen) atoms. The number of aromatic carboxylic acids is 1. The van der Waals surface area contributed by atoms with Crippen LogP contribution in [0.1, 0.15) is 21.6 Å². The van der Waals surface area contributed by atoms with E-state index in [1.54, 1.807) is 31.2 Å². The van der Waals surface area contributed by atoms with Gasteiger partial charge in [0.2, 0.25) is 0 Å². The van der Waals surface area contributed by atoms with Crippen LogP contribution in [0, 0.1) is 18.3 Å². The summed E-state index contributed by atoms with van der Waals surface area (Å²) in [5.74, 6) is -1.14. The molecule has 1 heterocycles. The molecule has 1 aromatic heterocycles. The number of aromatic nitrogens is 1. The molecule has 0 spiro atoms. The van der Waals surface area contributed by atoms with Crippen molar-refractivity contribution in [3.63, 3.8) is 0 Å². The second-order valence-corrected chi connectivity index (χ2v) is 4.38. The van der Waals surface area contributed by atoms with Crippen molar-refractivity contribution in [3.8, 4) is 17.3 Å². The predicted octanol–water partition coefficient (Wildman–Crippen LogP) is 3.28. The Kier molecular flexibility index (Phi) is 3.50. The zero-order valence-corrected chi connectivity index (χ0v) is 10.8. The topological polar surface area (TPSA) is 74.0 Å². The van der Waals surface area contributed by atoms with Crippen molar-refractivity contribution in [2.75, 3.05) is 0 Å². The van der Waals surface area contributed by atoms with E-state index in [2.05, 4.69) is 4.98 Å². The van der Waals surface area contributed by atoms with E-state index >= 15 is 0 Å². The highest BCUT2D eigenvalue weighted by molar-refractivity contribution is 6.30. The summed E-state index contributed by atoms with van der Waals surface area (Å²) in [5, 5.41) is 18.7. The molecule has 1 aromatic carbocycles. The first-order valence-corrected chi connectivity index (χ1v) is 5.81. The molecule has 0 atom stereocenters. The number of rotatable bonds is 2. The number of halogens is 1. The summed E-state index contributed by atoms with van der Waals surface area (Å²) < 4.78 is 0. The Hall–Kier alpha value is -2.38. The molecule has 2 rings (SSSR count). The fourth-order valence-electron chi connectivity index (χ4n) is 1.75. The molecule has 0 bridgehead atoms. The van der Waals surface area contributed by atoms with Gasteiger partial charge in [-0.2, -0.15) is 5.26 Å². The minimum atomic E-state index is -1.14. The quantitative estimate of drug-likeness (QED) is 0.910. The molecule has 1 N–H and O–H groups in total. The van der Waals surface area contributed by atoms with Crippen LogP contribution < -0.4 is 0 Å². The summed E-state index contributed by atoms with van der Waals surface area (Å²) in [6, 6.07) is 10.2. The normalized spacial score (nSPS) is 9.95. The number of carbonyl (C=O) groups is 1. The molecule has 2 aromatic rings. The third kappa shape index (κ3) is 2.56. The van der Waals surface area contributed by atoms with E-state index in [-0.39, 0.29) is 11.1 Å². The van der Waals surface area contributed by atoms with Gasteiger partial charge in [0.15, 0.2) is 0 Å². The second kappa shape index (κ2) is 5.09. The van der Waals surface area contributed by atoms with E-state index in [0.717, 1.165) is 5.56 Å². The van der Waals surface area contributed by atoms with Crippen molar-refractivity contribution in [1.29, 1.82) is 5.26 Å². The maximum Gasteiger partial charge on any atom is 0.337 e. The molecule has 0 fully saturated rings. The number of hydrogen-bond donors (Lipinski definition) is 1. The van der Waals surface area contributed by atoms with Gasteiger partial charge >= 0.3 is 5.97 Å². The van der Waals surface area contributed by atoms with Crippen LogP contribution in [0.25, 0.3) is 11.3 Å². The van der Waals surface area contributed by atoms with Gasteiger partial charge in [0, 0.05) is 10.6 Å². The minimum Gasteiger partial charge on any atom is -0.478 e. The number of pyridine rings is 1. The van der Waals surface area contributed by atoms with Gasteiger partial charge in [-0.15, -0.1) is 0 Å². The average Bonchev–Trinajstić information content (AvgIpc) is 2.38. The summed E-state index contributed by atoms with van der Waals surface area (Å²) in [7, 11) is 0. The van der Waals surface area contributed by atoms with Crippen molar-refractivity contribution < 1.29 is 9.90 Å². The summed E-state index contributed by atoms with van der Waals surface area (Å²) in [6.07, 6.45) is 0. The van der Waals surface area contributed by atoms with Crippen LogP contribution in [-0.2, 0) is 0 Å². The molecule has 0 saturated heterocycles. The second-order valence-electron chi connectivity index (χ2n) is 3.94. The zero-order chi connectivity index (χ0) is 14.0. The highest BCUT2D eigenvalue weighted by Crippen LogP contribution is 2.23. The number of hydrogen-bond acceptors (Lipinski definition) is 3. The number of nitrogens with zero attached hydrogens (tertiary/aromatic N) is 2.